The zero-order valence-electron chi connectivity index (χ0n) is 11.8. The molecule has 0 bridgehead atoms. The number of nitrogens with two attached hydrogens (primary N) is 1. The van der Waals surface area contributed by atoms with Gasteiger partial charge >= 0.3 is 5.97 Å². The van der Waals surface area contributed by atoms with Gasteiger partial charge in [-0.2, -0.15) is 0 Å². The predicted octanol–water partition coefficient (Wildman–Crippen LogP) is 2.88. The van der Waals surface area contributed by atoms with Crippen LogP contribution in [0.1, 0.15) is 38.7 Å². The van der Waals surface area contributed by atoms with Crippen molar-refractivity contribution in [3.8, 4) is 0 Å². The maximum atomic E-state index is 12.4. The van der Waals surface area contributed by atoms with Crippen LogP contribution in [0.2, 0.25) is 0 Å². The van der Waals surface area contributed by atoms with Crippen LogP contribution in [0.3, 0.4) is 0 Å². The molecule has 0 radical (unpaired) electrons. The van der Waals surface area contributed by atoms with Crippen molar-refractivity contribution in [1.82, 2.24) is 0 Å². The predicted molar refractivity (Wildman–Crippen MR) is 75.3 cm³/mol. The molecular weight excluding hydrogens is 238 g/mol. The lowest BCUT2D eigenvalue weighted by Crippen LogP contribution is -2.36. The first-order chi connectivity index (χ1) is 9.04. The first kappa shape index (κ1) is 14.1. The summed E-state index contributed by atoms with van der Waals surface area (Å²) in [7, 11) is 0. The molecule has 0 heterocycles. The number of esters is 1. The third-order valence-corrected chi connectivity index (χ3v) is 4.31. The van der Waals surface area contributed by atoms with Gasteiger partial charge in [0.1, 0.15) is 6.61 Å². The van der Waals surface area contributed by atoms with E-state index in [1.165, 1.54) is 0 Å². The number of hydrogen-bond donors (Lipinski definition) is 1. The van der Waals surface area contributed by atoms with Crippen molar-refractivity contribution in [1.29, 1.82) is 0 Å². The fourth-order valence-corrected chi connectivity index (χ4v) is 2.93. The quantitative estimate of drug-likeness (QED) is 0.848. The van der Waals surface area contributed by atoms with Gasteiger partial charge in [0.2, 0.25) is 0 Å². The molecule has 1 aliphatic carbocycles. The van der Waals surface area contributed by atoms with Crippen LogP contribution in [0.4, 0.5) is 0 Å². The first-order valence-electron chi connectivity index (χ1n) is 7.01. The van der Waals surface area contributed by atoms with E-state index in [2.05, 4.69) is 13.8 Å². The zero-order valence-corrected chi connectivity index (χ0v) is 11.8. The maximum absolute atomic E-state index is 12.4. The standard InChI is InChI=1S/C16H23NO2/c1-12(2)16(9-8-14(17)10-16)15(18)19-11-13-6-4-3-5-7-13/h3-7,12,14H,8-11,17H2,1-2H3/t14?,16-/m0/s1. The number of rotatable bonds is 4. The topological polar surface area (TPSA) is 52.3 Å². The van der Waals surface area contributed by atoms with Crippen molar-refractivity contribution >= 4 is 5.97 Å². The summed E-state index contributed by atoms with van der Waals surface area (Å²) >= 11 is 0. The number of hydrogen-bond acceptors (Lipinski definition) is 3. The van der Waals surface area contributed by atoms with Crippen molar-refractivity contribution in [2.75, 3.05) is 0 Å². The molecular formula is C16H23NO2. The molecule has 1 unspecified atom stereocenters. The minimum Gasteiger partial charge on any atom is -0.460 e. The monoisotopic (exact) mass is 261 g/mol. The minimum atomic E-state index is -0.381. The van der Waals surface area contributed by atoms with Crippen LogP contribution in [0.5, 0.6) is 0 Å². The van der Waals surface area contributed by atoms with Crippen LogP contribution in [-0.2, 0) is 16.1 Å². The molecule has 19 heavy (non-hydrogen) atoms. The highest BCUT2D eigenvalue weighted by Crippen LogP contribution is 2.44. The molecule has 2 atom stereocenters. The van der Waals surface area contributed by atoms with Gasteiger partial charge in [0.05, 0.1) is 5.41 Å². The lowest BCUT2D eigenvalue weighted by Gasteiger charge is -2.31. The Hall–Kier alpha value is -1.35. The van der Waals surface area contributed by atoms with Crippen molar-refractivity contribution in [3.63, 3.8) is 0 Å². The van der Waals surface area contributed by atoms with Crippen molar-refractivity contribution in [3.05, 3.63) is 35.9 Å². The van der Waals surface area contributed by atoms with Crippen LogP contribution in [0.25, 0.3) is 0 Å². The van der Waals surface area contributed by atoms with E-state index in [-0.39, 0.29) is 23.3 Å². The van der Waals surface area contributed by atoms with Gasteiger partial charge in [-0.15, -0.1) is 0 Å². The lowest BCUT2D eigenvalue weighted by atomic mass is 9.75. The van der Waals surface area contributed by atoms with Gasteiger partial charge < -0.3 is 10.5 Å². The molecule has 1 aromatic rings. The molecule has 1 fully saturated rings. The van der Waals surface area contributed by atoms with E-state index in [0.29, 0.717) is 6.61 Å². The number of carbonyl (C=O) groups excluding carboxylic acids is 1. The van der Waals surface area contributed by atoms with Crippen LogP contribution < -0.4 is 5.73 Å². The van der Waals surface area contributed by atoms with Gasteiger partial charge in [-0.3, -0.25) is 4.79 Å². The van der Waals surface area contributed by atoms with Crippen molar-refractivity contribution in [2.24, 2.45) is 17.1 Å². The Balaban J connectivity index is 2.01. The molecule has 104 valence electrons. The Labute approximate surface area is 115 Å². The van der Waals surface area contributed by atoms with Crippen molar-refractivity contribution < 1.29 is 9.53 Å². The van der Waals surface area contributed by atoms with Crippen LogP contribution in [0.15, 0.2) is 30.3 Å². The molecule has 0 saturated heterocycles. The molecule has 1 saturated carbocycles. The van der Waals surface area contributed by atoms with E-state index in [1.807, 2.05) is 30.3 Å². The summed E-state index contributed by atoms with van der Waals surface area (Å²) in [5.41, 5.74) is 6.63. The van der Waals surface area contributed by atoms with Crippen molar-refractivity contribution in [2.45, 2.75) is 45.8 Å². The molecule has 0 aliphatic heterocycles. The van der Waals surface area contributed by atoms with Gasteiger partial charge in [0, 0.05) is 6.04 Å². The smallest absolute Gasteiger partial charge is 0.312 e. The summed E-state index contributed by atoms with van der Waals surface area (Å²) in [6.07, 6.45) is 2.51. The molecule has 3 heteroatoms. The largest absolute Gasteiger partial charge is 0.460 e. The third-order valence-electron chi connectivity index (χ3n) is 4.31. The zero-order chi connectivity index (χ0) is 13.9. The second-order valence-corrected chi connectivity index (χ2v) is 5.88. The molecule has 2 N–H and O–H groups in total. The minimum absolute atomic E-state index is 0.0840. The second-order valence-electron chi connectivity index (χ2n) is 5.88. The van der Waals surface area contributed by atoms with Gasteiger partial charge in [0.25, 0.3) is 0 Å². The highest BCUT2D eigenvalue weighted by molar-refractivity contribution is 5.77. The molecule has 2 rings (SSSR count). The molecule has 0 aromatic heterocycles. The highest BCUT2D eigenvalue weighted by atomic mass is 16.5. The van der Waals surface area contributed by atoms with Gasteiger partial charge in [-0.05, 0) is 30.7 Å². The number of ether oxygens (including phenoxy) is 1. The number of benzene rings is 1. The molecule has 3 nitrogen and oxygen atoms in total. The van der Waals surface area contributed by atoms with E-state index in [4.69, 9.17) is 10.5 Å². The Morgan fingerprint density at radius 1 is 1.42 bits per heavy atom. The Morgan fingerprint density at radius 2 is 2.11 bits per heavy atom. The highest BCUT2D eigenvalue weighted by Gasteiger charge is 2.47. The fourth-order valence-electron chi connectivity index (χ4n) is 2.93. The second kappa shape index (κ2) is 5.74. The fraction of sp³-hybridized carbons (Fsp3) is 0.562. The Kier molecular flexibility index (Phi) is 4.25. The summed E-state index contributed by atoms with van der Waals surface area (Å²) in [6, 6.07) is 9.92. The molecule has 1 aliphatic rings. The molecule has 0 amide bonds. The average Bonchev–Trinajstić information content (AvgIpc) is 2.81. The van der Waals surface area contributed by atoms with E-state index < -0.39 is 0 Å². The first-order valence-corrected chi connectivity index (χ1v) is 7.01. The lowest BCUT2D eigenvalue weighted by molar-refractivity contribution is -0.160. The van der Waals surface area contributed by atoms with E-state index in [9.17, 15) is 4.79 Å². The van der Waals surface area contributed by atoms with Gasteiger partial charge in [-0.1, -0.05) is 44.2 Å². The Morgan fingerprint density at radius 3 is 2.63 bits per heavy atom. The summed E-state index contributed by atoms with van der Waals surface area (Å²) in [5.74, 6) is 0.184. The van der Waals surface area contributed by atoms with Crippen LogP contribution in [0, 0.1) is 11.3 Å². The maximum Gasteiger partial charge on any atom is 0.312 e. The Bertz CT molecular complexity index is 430. The van der Waals surface area contributed by atoms with Gasteiger partial charge in [0.15, 0.2) is 0 Å². The molecule has 1 aromatic carbocycles. The third kappa shape index (κ3) is 2.98. The average molecular weight is 261 g/mol. The van der Waals surface area contributed by atoms with E-state index in [0.717, 1.165) is 24.8 Å². The summed E-state index contributed by atoms with van der Waals surface area (Å²) in [5, 5.41) is 0. The molecule has 0 spiro atoms. The van der Waals surface area contributed by atoms with Crippen LogP contribution >= 0.6 is 0 Å². The summed E-state index contributed by atoms with van der Waals surface area (Å²) < 4.78 is 5.53. The van der Waals surface area contributed by atoms with E-state index >= 15 is 0 Å². The van der Waals surface area contributed by atoms with Crippen LogP contribution in [-0.4, -0.2) is 12.0 Å². The summed E-state index contributed by atoms with van der Waals surface area (Å²) in [4.78, 5) is 12.4. The van der Waals surface area contributed by atoms with Gasteiger partial charge in [-0.25, -0.2) is 0 Å². The van der Waals surface area contributed by atoms with E-state index in [1.54, 1.807) is 0 Å². The normalized spacial score (nSPS) is 26.6. The summed E-state index contributed by atoms with van der Waals surface area (Å²) in [6.45, 7) is 4.52. The number of carbonyl (C=O) groups is 1. The SMILES string of the molecule is CC(C)[C@]1(C(=O)OCc2ccccc2)CCC(N)C1.